The van der Waals surface area contributed by atoms with Gasteiger partial charge in [0.05, 0.1) is 6.54 Å². The number of hydrogen-bond acceptors (Lipinski definition) is 3. The van der Waals surface area contributed by atoms with Crippen LogP contribution in [-0.4, -0.2) is 58.7 Å². The molecule has 0 aliphatic heterocycles. The SMILES string of the molecule is CN=C(NCCc1ccc(N(C)C)cc1)N(C)CCOc1ccccc1.I. The zero-order valence-electron chi connectivity index (χ0n) is 16.7. The molecule has 0 radical (unpaired) electrons. The highest BCUT2D eigenvalue weighted by atomic mass is 127. The van der Waals surface area contributed by atoms with Crippen LogP contribution in [0.1, 0.15) is 5.56 Å². The first-order chi connectivity index (χ1) is 12.6. The van der Waals surface area contributed by atoms with Gasteiger partial charge in [0.2, 0.25) is 0 Å². The topological polar surface area (TPSA) is 40.1 Å². The lowest BCUT2D eigenvalue weighted by Crippen LogP contribution is -2.41. The third kappa shape index (κ3) is 8.07. The van der Waals surface area contributed by atoms with Gasteiger partial charge < -0.3 is 19.9 Å². The van der Waals surface area contributed by atoms with E-state index in [2.05, 4.69) is 58.5 Å². The van der Waals surface area contributed by atoms with Crippen molar-refractivity contribution >= 4 is 35.6 Å². The third-order valence-corrected chi connectivity index (χ3v) is 4.16. The minimum atomic E-state index is 0. The van der Waals surface area contributed by atoms with Crippen molar-refractivity contribution in [3.8, 4) is 5.75 Å². The predicted octanol–water partition coefficient (Wildman–Crippen LogP) is 3.50. The molecule has 0 bridgehead atoms. The zero-order valence-corrected chi connectivity index (χ0v) is 19.0. The Balaban J connectivity index is 0.00000364. The van der Waals surface area contributed by atoms with Gasteiger partial charge in [0.15, 0.2) is 5.96 Å². The fourth-order valence-electron chi connectivity index (χ4n) is 2.59. The number of nitrogens with one attached hydrogen (secondary N) is 1. The van der Waals surface area contributed by atoms with Gasteiger partial charge in [-0.05, 0) is 36.2 Å². The van der Waals surface area contributed by atoms with Gasteiger partial charge >= 0.3 is 0 Å². The Morgan fingerprint density at radius 3 is 2.26 bits per heavy atom. The monoisotopic (exact) mass is 482 g/mol. The molecule has 0 heterocycles. The van der Waals surface area contributed by atoms with Crippen molar-refractivity contribution in [2.45, 2.75) is 6.42 Å². The first-order valence-electron chi connectivity index (χ1n) is 8.96. The summed E-state index contributed by atoms with van der Waals surface area (Å²) in [4.78, 5) is 8.54. The summed E-state index contributed by atoms with van der Waals surface area (Å²) in [5.74, 6) is 1.77. The fourth-order valence-corrected chi connectivity index (χ4v) is 2.59. The largest absolute Gasteiger partial charge is 0.492 e. The molecule has 0 aliphatic rings. The Hall–Kier alpha value is -1.96. The molecule has 2 aromatic rings. The lowest BCUT2D eigenvalue weighted by atomic mass is 10.1. The Labute approximate surface area is 180 Å². The summed E-state index contributed by atoms with van der Waals surface area (Å²) in [5.41, 5.74) is 2.53. The van der Waals surface area contributed by atoms with Crippen LogP contribution in [0, 0.1) is 0 Å². The van der Waals surface area contributed by atoms with Crippen LogP contribution in [0.3, 0.4) is 0 Å². The van der Waals surface area contributed by atoms with E-state index in [-0.39, 0.29) is 24.0 Å². The maximum Gasteiger partial charge on any atom is 0.193 e. The van der Waals surface area contributed by atoms with E-state index in [9.17, 15) is 0 Å². The van der Waals surface area contributed by atoms with E-state index in [1.54, 1.807) is 0 Å². The summed E-state index contributed by atoms with van der Waals surface area (Å²) < 4.78 is 5.75. The van der Waals surface area contributed by atoms with Crippen LogP contribution in [-0.2, 0) is 6.42 Å². The number of anilines is 1. The fraction of sp³-hybridized carbons (Fsp3) is 0.381. The van der Waals surface area contributed by atoms with Crippen molar-refractivity contribution in [2.75, 3.05) is 52.8 Å². The van der Waals surface area contributed by atoms with Crippen LogP contribution < -0.4 is 15.0 Å². The highest BCUT2D eigenvalue weighted by molar-refractivity contribution is 14.0. The molecule has 0 unspecified atom stereocenters. The van der Waals surface area contributed by atoms with Gasteiger partial charge in [-0.2, -0.15) is 0 Å². The van der Waals surface area contributed by atoms with E-state index >= 15 is 0 Å². The summed E-state index contributed by atoms with van der Waals surface area (Å²) in [6.07, 6.45) is 0.959. The summed E-state index contributed by atoms with van der Waals surface area (Å²) in [6.45, 7) is 2.23. The van der Waals surface area contributed by atoms with Crippen molar-refractivity contribution < 1.29 is 4.74 Å². The lowest BCUT2D eigenvalue weighted by molar-refractivity contribution is 0.281. The quantitative estimate of drug-likeness (QED) is 0.355. The first kappa shape index (κ1) is 23.1. The number of nitrogens with zero attached hydrogens (tertiary/aromatic N) is 3. The second kappa shape index (κ2) is 12.4. The van der Waals surface area contributed by atoms with Crippen LogP contribution in [0.4, 0.5) is 5.69 Å². The van der Waals surface area contributed by atoms with Gasteiger partial charge in [0, 0.05) is 40.4 Å². The average molecular weight is 482 g/mol. The summed E-state index contributed by atoms with van der Waals surface area (Å²) >= 11 is 0. The minimum absolute atomic E-state index is 0. The lowest BCUT2D eigenvalue weighted by Gasteiger charge is -2.22. The Morgan fingerprint density at radius 1 is 1.00 bits per heavy atom. The molecule has 0 spiro atoms. The van der Waals surface area contributed by atoms with Gasteiger partial charge in [-0.25, -0.2) is 0 Å². The molecular formula is C21H31IN4O. The number of benzene rings is 2. The number of rotatable bonds is 8. The Kier molecular flexibility index (Phi) is 10.6. The van der Waals surface area contributed by atoms with E-state index in [1.807, 2.05) is 44.4 Å². The molecule has 6 heteroatoms. The second-order valence-corrected chi connectivity index (χ2v) is 6.37. The first-order valence-corrected chi connectivity index (χ1v) is 8.96. The van der Waals surface area contributed by atoms with Crippen molar-refractivity contribution in [1.29, 1.82) is 0 Å². The van der Waals surface area contributed by atoms with Crippen LogP contribution in [0.15, 0.2) is 59.6 Å². The standard InChI is InChI=1S/C21H30N4O.HI/c1-22-21(25(4)16-17-26-20-8-6-5-7-9-20)23-15-14-18-10-12-19(13-11-18)24(2)3;/h5-13H,14-17H2,1-4H3,(H,22,23);1H. The normalized spacial score (nSPS) is 10.7. The van der Waals surface area contributed by atoms with E-state index < -0.39 is 0 Å². The van der Waals surface area contributed by atoms with E-state index in [0.29, 0.717) is 6.61 Å². The number of para-hydroxylation sites is 1. The molecule has 1 N–H and O–H groups in total. The summed E-state index contributed by atoms with van der Waals surface area (Å²) in [6, 6.07) is 18.5. The maximum absolute atomic E-state index is 5.75. The maximum atomic E-state index is 5.75. The number of aliphatic imine (C=N–C) groups is 1. The molecule has 0 amide bonds. The molecule has 148 valence electrons. The minimum Gasteiger partial charge on any atom is -0.492 e. The molecule has 0 saturated carbocycles. The highest BCUT2D eigenvalue weighted by Crippen LogP contribution is 2.12. The highest BCUT2D eigenvalue weighted by Gasteiger charge is 2.06. The molecule has 0 fully saturated rings. The van der Waals surface area contributed by atoms with Crippen LogP contribution in [0.5, 0.6) is 5.75 Å². The Morgan fingerprint density at radius 2 is 1.67 bits per heavy atom. The van der Waals surface area contributed by atoms with Crippen LogP contribution >= 0.6 is 24.0 Å². The molecule has 5 nitrogen and oxygen atoms in total. The zero-order chi connectivity index (χ0) is 18.8. The molecule has 0 aliphatic carbocycles. The number of likely N-dealkylation sites (N-methyl/N-ethyl adjacent to an activating group) is 1. The van der Waals surface area contributed by atoms with Crippen molar-refractivity contribution in [3.05, 3.63) is 60.2 Å². The van der Waals surface area contributed by atoms with Crippen LogP contribution in [0.2, 0.25) is 0 Å². The molecular weight excluding hydrogens is 451 g/mol. The van der Waals surface area contributed by atoms with E-state index in [4.69, 9.17) is 4.74 Å². The van der Waals surface area contributed by atoms with E-state index in [0.717, 1.165) is 31.2 Å². The van der Waals surface area contributed by atoms with E-state index in [1.165, 1.54) is 11.3 Å². The van der Waals surface area contributed by atoms with Gasteiger partial charge in [0.1, 0.15) is 12.4 Å². The van der Waals surface area contributed by atoms with Gasteiger partial charge in [0.25, 0.3) is 0 Å². The van der Waals surface area contributed by atoms with Crippen molar-refractivity contribution in [1.82, 2.24) is 10.2 Å². The molecule has 0 aromatic heterocycles. The summed E-state index contributed by atoms with van der Waals surface area (Å²) in [7, 11) is 7.94. The predicted molar refractivity (Wildman–Crippen MR) is 126 cm³/mol. The molecule has 2 aromatic carbocycles. The number of guanidine groups is 1. The molecule has 2 rings (SSSR count). The summed E-state index contributed by atoms with van der Waals surface area (Å²) in [5, 5.41) is 3.41. The third-order valence-electron chi connectivity index (χ3n) is 4.16. The molecule has 0 atom stereocenters. The number of hydrogen-bond donors (Lipinski definition) is 1. The smallest absolute Gasteiger partial charge is 0.193 e. The Bertz CT molecular complexity index is 674. The van der Waals surface area contributed by atoms with Crippen LogP contribution in [0.25, 0.3) is 0 Å². The van der Waals surface area contributed by atoms with Crippen molar-refractivity contribution in [2.24, 2.45) is 4.99 Å². The number of halogens is 1. The molecule has 0 saturated heterocycles. The van der Waals surface area contributed by atoms with Gasteiger partial charge in [-0.3, -0.25) is 4.99 Å². The second-order valence-electron chi connectivity index (χ2n) is 6.37. The average Bonchev–Trinajstić information content (AvgIpc) is 2.66. The van der Waals surface area contributed by atoms with Crippen molar-refractivity contribution in [3.63, 3.8) is 0 Å². The van der Waals surface area contributed by atoms with Gasteiger partial charge in [-0.15, -0.1) is 24.0 Å². The van der Waals surface area contributed by atoms with Gasteiger partial charge in [-0.1, -0.05) is 30.3 Å². The number of ether oxygens (including phenoxy) is 1. The molecule has 27 heavy (non-hydrogen) atoms.